The zero-order valence-corrected chi connectivity index (χ0v) is 12.9. The molecule has 2 unspecified atom stereocenters. The fraction of sp³-hybridized carbons (Fsp3) is 0.667. The van der Waals surface area contributed by atoms with Crippen LogP contribution in [0.4, 0.5) is 19.0 Å². The first kappa shape index (κ1) is 16.0. The summed E-state index contributed by atoms with van der Waals surface area (Å²) in [6, 6.07) is 1.92. The highest BCUT2D eigenvalue weighted by Gasteiger charge is 2.42. The molecule has 2 fully saturated rings. The third kappa shape index (κ3) is 3.73. The molecule has 0 saturated carbocycles. The lowest BCUT2D eigenvalue weighted by Gasteiger charge is -2.22. The van der Waals surface area contributed by atoms with E-state index in [4.69, 9.17) is 0 Å². The van der Waals surface area contributed by atoms with E-state index in [2.05, 4.69) is 14.9 Å². The molecule has 1 amide bonds. The summed E-state index contributed by atoms with van der Waals surface area (Å²) in [5.74, 6) is 1.10. The van der Waals surface area contributed by atoms with E-state index >= 15 is 0 Å². The Hall–Kier alpha value is -1.86. The molecule has 0 aliphatic carbocycles. The van der Waals surface area contributed by atoms with E-state index in [1.165, 1.54) is 6.33 Å². The molecule has 2 atom stereocenters. The summed E-state index contributed by atoms with van der Waals surface area (Å²) in [4.78, 5) is 24.0. The van der Waals surface area contributed by atoms with Gasteiger partial charge in [0, 0.05) is 56.2 Å². The minimum atomic E-state index is -4.27. The first-order chi connectivity index (χ1) is 10.8. The Labute approximate surface area is 132 Å². The van der Waals surface area contributed by atoms with Crippen molar-refractivity contribution in [2.45, 2.75) is 25.9 Å². The Balaban J connectivity index is 1.54. The Morgan fingerprint density at radius 1 is 1.22 bits per heavy atom. The number of carbonyl (C=O) groups is 1. The summed E-state index contributed by atoms with van der Waals surface area (Å²) < 4.78 is 36.6. The Morgan fingerprint density at radius 3 is 2.43 bits per heavy atom. The summed E-state index contributed by atoms with van der Waals surface area (Å²) in [6.07, 6.45) is -4.22. The first-order valence-electron chi connectivity index (χ1n) is 7.70. The summed E-state index contributed by atoms with van der Waals surface area (Å²) in [6.45, 7) is 4.56. The molecule has 1 aromatic rings. The lowest BCUT2D eigenvalue weighted by Crippen LogP contribution is -2.34. The van der Waals surface area contributed by atoms with Gasteiger partial charge >= 0.3 is 6.18 Å². The van der Waals surface area contributed by atoms with Gasteiger partial charge in [-0.05, 0) is 6.92 Å². The molecule has 3 rings (SSSR count). The van der Waals surface area contributed by atoms with Crippen molar-refractivity contribution in [3.8, 4) is 0 Å². The smallest absolute Gasteiger partial charge is 0.356 e. The van der Waals surface area contributed by atoms with Crippen molar-refractivity contribution < 1.29 is 18.0 Å². The van der Waals surface area contributed by atoms with Crippen molar-refractivity contribution >= 4 is 11.7 Å². The molecule has 2 saturated heterocycles. The second-order valence-corrected chi connectivity index (χ2v) is 6.36. The number of likely N-dealkylation sites (tertiary alicyclic amines) is 1. The number of nitrogens with zero attached hydrogens (tertiary/aromatic N) is 4. The number of hydrogen-bond acceptors (Lipinski definition) is 4. The highest BCUT2D eigenvalue weighted by atomic mass is 19.4. The molecular formula is C15H19F3N4O. The number of aromatic nitrogens is 2. The van der Waals surface area contributed by atoms with Crippen molar-refractivity contribution in [1.82, 2.24) is 14.9 Å². The average molecular weight is 328 g/mol. The number of fused-ring (bicyclic) bond motifs is 1. The molecular weight excluding hydrogens is 309 g/mol. The van der Waals surface area contributed by atoms with Gasteiger partial charge in [-0.3, -0.25) is 4.79 Å². The first-order valence-corrected chi connectivity index (χ1v) is 7.70. The van der Waals surface area contributed by atoms with Crippen molar-refractivity contribution in [2.75, 3.05) is 31.1 Å². The summed E-state index contributed by atoms with van der Waals surface area (Å²) in [5, 5.41) is 0. The van der Waals surface area contributed by atoms with Crippen LogP contribution in [0.25, 0.3) is 0 Å². The van der Waals surface area contributed by atoms with E-state index in [-0.39, 0.29) is 5.91 Å². The van der Waals surface area contributed by atoms with Crippen LogP contribution in [0.15, 0.2) is 12.4 Å². The maximum Gasteiger partial charge on any atom is 0.389 e. The molecule has 3 heterocycles. The molecule has 0 N–H and O–H groups in total. The Bertz CT molecular complexity index is 578. The maximum absolute atomic E-state index is 12.2. The Kier molecular flexibility index (Phi) is 4.16. The predicted octanol–water partition coefficient (Wildman–Crippen LogP) is 2.02. The van der Waals surface area contributed by atoms with Crippen molar-refractivity contribution in [3.05, 3.63) is 18.1 Å². The number of hydrogen-bond donors (Lipinski definition) is 0. The van der Waals surface area contributed by atoms with Gasteiger partial charge in [0.15, 0.2) is 0 Å². The van der Waals surface area contributed by atoms with Gasteiger partial charge in [0.1, 0.15) is 12.1 Å². The van der Waals surface area contributed by atoms with Gasteiger partial charge in [0.2, 0.25) is 5.91 Å². The number of alkyl halides is 3. The van der Waals surface area contributed by atoms with Gasteiger partial charge in [0.25, 0.3) is 0 Å². The maximum atomic E-state index is 12.2. The van der Waals surface area contributed by atoms with Crippen molar-refractivity contribution in [2.24, 2.45) is 11.8 Å². The molecule has 2 aliphatic rings. The second kappa shape index (κ2) is 5.98. The summed E-state index contributed by atoms with van der Waals surface area (Å²) in [7, 11) is 0. The number of aryl methyl sites for hydroxylation is 1. The van der Waals surface area contributed by atoms with Gasteiger partial charge in [-0.2, -0.15) is 13.2 Å². The van der Waals surface area contributed by atoms with Crippen LogP contribution in [0.2, 0.25) is 0 Å². The van der Waals surface area contributed by atoms with Crippen molar-refractivity contribution in [3.63, 3.8) is 0 Å². The number of anilines is 1. The monoisotopic (exact) mass is 328 g/mol. The molecule has 0 spiro atoms. The average Bonchev–Trinajstić information content (AvgIpc) is 3.02. The zero-order valence-electron chi connectivity index (χ0n) is 12.9. The Morgan fingerprint density at radius 2 is 1.87 bits per heavy atom. The number of amides is 1. The normalized spacial score (nSPS) is 24.2. The molecule has 0 radical (unpaired) electrons. The van der Waals surface area contributed by atoms with Crippen LogP contribution in [0, 0.1) is 18.8 Å². The number of carbonyl (C=O) groups excluding carboxylic acids is 1. The topological polar surface area (TPSA) is 49.3 Å². The predicted molar refractivity (Wildman–Crippen MR) is 77.8 cm³/mol. The quantitative estimate of drug-likeness (QED) is 0.852. The van der Waals surface area contributed by atoms with Gasteiger partial charge in [0.05, 0.1) is 6.42 Å². The van der Waals surface area contributed by atoms with E-state index in [1.807, 2.05) is 13.0 Å². The number of rotatable bonds is 3. The van der Waals surface area contributed by atoms with E-state index in [0.29, 0.717) is 24.9 Å². The summed E-state index contributed by atoms with van der Waals surface area (Å²) in [5.41, 5.74) is 0.899. The van der Waals surface area contributed by atoms with Crippen LogP contribution in [0.3, 0.4) is 0 Å². The van der Waals surface area contributed by atoms with E-state index in [9.17, 15) is 18.0 Å². The fourth-order valence-corrected chi connectivity index (χ4v) is 3.40. The molecule has 1 aromatic heterocycles. The third-order valence-electron chi connectivity index (χ3n) is 4.57. The minimum Gasteiger partial charge on any atom is -0.356 e. The van der Waals surface area contributed by atoms with Gasteiger partial charge in [-0.25, -0.2) is 9.97 Å². The highest BCUT2D eigenvalue weighted by Crippen LogP contribution is 2.34. The molecule has 5 nitrogen and oxygen atoms in total. The van der Waals surface area contributed by atoms with Crippen LogP contribution in [-0.2, 0) is 4.79 Å². The van der Waals surface area contributed by atoms with Gasteiger partial charge in [-0.15, -0.1) is 0 Å². The van der Waals surface area contributed by atoms with E-state index in [0.717, 1.165) is 24.6 Å². The van der Waals surface area contributed by atoms with Crippen LogP contribution in [0.1, 0.15) is 18.5 Å². The molecule has 0 aromatic carbocycles. The van der Waals surface area contributed by atoms with Gasteiger partial charge < -0.3 is 9.80 Å². The molecule has 23 heavy (non-hydrogen) atoms. The third-order valence-corrected chi connectivity index (χ3v) is 4.57. The van der Waals surface area contributed by atoms with Gasteiger partial charge in [-0.1, -0.05) is 0 Å². The molecule has 126 valence electrons. The number of halogens is 3. The SMILES string of the molecule is Cc1cc(N2CC3CN(C(=O)CCC(F)(F)F)CC3C2)ncn1. The van der Waals surface area contributed by atoms with Crippen LogP contribution >= 0.6 is 0 Å². The highest BCUT2D eigenvalue weighted by molar-refractivity contribution is 5.76. The fourth-order valence-electron chi connectivity index (χ4n) is 3.40. The lowest BCUT2D eigenvalue weighted by atomic mass is 10.0. The van der Waals surface area contributed by atoms with E-state index in [1.54, 1.807) is 4.90 Å². The zero-order chi connectivity index (χ0) is 16.6. The molecule has 0 bridgehead atoms. The van der Waals surface area contributed by atoms with Crippen LogP contribution < -0.4 is 4.90 Å². The van der Waals surface area contributed by atoms with E-state index < -0.39 is 19.0 Å². The lowest BCUT2D eigenvalue weighted by molar-refractivity contribution is -0.148. The largest absolute Gasteiger partial charge is 0.389 e. The standard InChI is InChI=1S/C15H19F3N4O/c1-10-4-13(20-9-19-10)21-5-11-7-22(8-12(11)6-21)14(23)2-3-15(16,17)18/h4,9,11-12H,2-3,5-8H2,1H3. The molecule has 8 heteroatoms. The summed E-state index contributed by atoms with van der Waals surface area (Å²) >= 11 is 0. The van der Waals surface area contributed by atoms with Crippen molar-refractivity contribution in [1.29, 1.82) is 0 Å². The molecule has 2 aliphatic heterocycles. The second-order valence-electron chi connectivity index (χ2n) is 6.36. The van der Waals surface area contributed by atoms with Crippen LogP contribution in [-0.4, -0.2) is 53.1 Å². The van der Waals surface area contributed by atoms with Crippen LogP contribution in [0.5, 0.6) is 0 Å². The minimum absolute atomic E-state index is 0.306.